The van der Waals surface area contributed by atoms with E-state index >= 15 is 0 Å². The molecular formula is C22H21Cl2NO3. The molecule has 0 spiro atoms. The summed E-state index contributed by atoms with van der Waals surface area (Å²) in [5.41, 5.74) is 3.96. The zero-order valence-corrected chi connectivity index (χ0v) is 17.7. The third-order valence-electron chi connectivity index (χ3n) is 4.54. The van der Waals surface area contributed by atoms with Gasteiger partial charge in [0.05, 0.1) is 17.3 Å². The number of ether oxygens (including phenoxy) is 1. The number of aryl methyl sites for hydroxylation is 2. The first-order valence-corrected chi connectivity index (χ1v) is 9.67. The minimum absolute atomic E-state index is 0.288. The van der Waals surface area contributed by atoms with Gasteiger partial charge in [-0.05, 0) is 63.1 Å². The molecule has 0 saturated carbocycles. The van der Waals surface area contributed by atoms with Crippen molar-refractivity contribution < 1.29 is 13.9 Å². The summed E-state index contributed by atoms with van der Waals surface area (Å²) in [4.78, 5) is 12.5. The lowest BCUT2D eigenvalue weighted by atomic mass is 10.0. The van der Waals surface area contributed by atoms with Crippen LogP contribution < -0.4 is 10.1 Å². The Morgan fingerprint density at radius 3 is 2.64 bits per heavy atom. The van der Waals surface area contributed by atoms with E-state index in [-0.39, 0.29) is 5.91 Å². The fraction of sp³-hybridized carbons (Fsp3) is 0.227. The first-order valence-electron chi connectivity index (χ1n) is 8.91. The van der Waals surface area contributed by atoms with Crippen LogP contribution in [-0.2, 0) is 4.79 Å². The number of anilines is 1. The molecule has 0 aliphatic rings. The van der Waals surface area contributed by atoms with Gasteiger partial charge in [0, 0.05) is 28.1 Å². The second-order valence-corrected chi connectivity index (χ2v) is 7.35. The summed E-state index contributed by atoms with van der Waals surface area (Å²) in [6.07, 6.45) is 1.52. The number of hydrogen-bond acceptors (Lipinski definition) is 3. The molecule has 0 aliphatic carbocycles. The Balaban J connectivity index is 1.96. The molecule has 0 bridgehead atoms. The maximum Gasteiger partial charge on any atom is 0.248 e. The Labute approximate surface area is 174 Å². The third kappa shape index (κ3) is 4.18. The summed E-state index contributed by atoms with van der Waals surface area (Å²) in [7, 11) is 0. The van der Waals surface area contributed by atoms with Crippen LogP contribution in [0.25, 0.3) is 16.5 Å². The highest BCUT2D eigenvalue weighted by Gasteiger charge is 2.15. The number of hydrogen-bond donors (Lipinski definition) is 1. The molecule has 3 aromatic rings. The summed E-state index contributed by atoms with van der Waals surface area (Å²) in [6.45, 7) is 8.24. The number of carbonyl (C=O) groups excluding carboxylic acids is 1. The molecule has 2 aromatic carbocycles. The molecule has 1 heterocycles. The third-order valence-corrected chi connectivity index (χ3v) is 5.09. The minimum Gasteiger partial charge on any atom is -0.493 e. The molecule has 28 heavy (non-hydrogen) atoms. The maximum absolute atomic E-state index is 12.5. The van der Waals surface area contributed by atoms with E-state index in [2.05, 4.69) is 5.32 Å². The fourth-order valence-corrected chi connectivity index (χ4v) is 3.44. The van der Waals surface area contributed by atoms with Gasteiger partial charge in [0.1, 0.15) is 17.1 Å². The Hall–Kier alpha value is -2.43. The van der Waals surface area contributed by atoms with Crippen molar-refractivity contribution >= 4 is 51.3 Å². The highest BCUT2D eigenvalue weighted by Crippen LogP contribution is 2.35. The van der Waals surface area contributed by atoms with Crippen molar-refractivity contribution in [3.05, 3.63) is 63.3 Å². The van der Waals surface area contributed by atoms with E-state index in [1.807, 2.05) is 39.8 Å². The van der Waals surface area contributed by atoms with Gasteiger partial charge >= 0.3 is 0 Å². The molecule has 146 valence electrons. The van der Waals surface area contributed by atoms with Crippen molar-refractivity contribution in [1.29, 1.82) is 0 Å². The lowest BCUT2D eigenvalue weighted by Crippen LogP contribution is -2.09. The summed E-state index contributed by atoms with van der Waals surface area (Å²) < 4.78 is 11.6. The van der Waals surface area contributed by atoms with E-state index in [1.54, 1.807) is 18.2 Å². The summed E-state index contributed by atoms with van der Waals surface area (Å²) in [5, 5.41) is 4.67. The highest BCUT2D eigenvalue weighted by atomic mass is 35.5. The average Bonchev–Trinajstić information content (AvgIpc) is 2.90. The van der Waals surface area contributed by atoms with Crippen molar-refractivity contribution in [3.63, 3.8) is 0 Å². The summed E-state index contributed by atoms with van der Waals surface area (Å²) in [6, 6.07) is 8.80. The minimum atomic E-state index is -0.288. The van der Waals surface area contributed by atoms with E-state index in [1.165, 1.54) is 6.08 Å². The second-order valence-electron chi connectivity index (χ2n) is 6.50. The zero-order chi connectivity index (χ0) is 20.4. The average molecular weight is 418 g/mol. The summed E-state index contributed by atoms with van der Waals surface area (Å²) >= 11 is 12.0. The number of rotatable bonds is 5. The van der Waals surface area contributed by atoms with Crippen molar-refractivity contribution in [2.45, 2.75) is 27.7 Å². The molecule has 0 unspecified atom stereocenters. The molecule has 0 saturated heterocycles. The number of carbonyl (C=O) groups is 1. The monoisotopic (exact) mass is 417 g/mol. The van der Waals surface area contributed by atoms with Crippen LogP contribution in [0, 0.1) is 13.8 Å². The van der Waals surface area contributed by atoms with Crippen LogP contribution in [-0.4, -0.2) is 12.5 Å². The van der Waals surface area contributed by atoms with Gasteiger partial charge in [-0.15, -0.1) is 0 Å². The van der Waals surface area contributed by atoms with Crippen LogP contribution in [0.1, 0.15) is 30.7 Å². The number of amides is 1. The molecule has 0 aliphatic heterocycles. The molecule has 0 radical (unpaired) electrons. The standard InChI is InChI=1S/C22H21Cl2NO3/c1-5-27-20-11-21-17(13(3)14(4)28-21)10-16(20)12(2)8-22(26)25-19-7-6-15(23)9-18(19)24/h6-11H,5H2,1-4H3,(H,25,26)/b12-8+. The Morgan fingerprint density at radius 2 is 1.96 bits per heavy atom. The van der Waals surface area contributed by atoms with Crippen LogP contribution in [0.5, 0.6) is 5.75 Å². The molecule has 0 fully saturated rings. The zero-order valence-electron chi connectivity index (χ0n) is 16.2. The van der Waals surface area contributed by atoms with E-state index in [0.717, 1.165) is 33.4 Å². The van der Waals surface area contributed by atoms with Gasteiger partial charge in [-0.25, -0.2) is 0 Å². The van der Waals surface area contributed by atoms with Crippen molar-refractivity contribution in [3.8, 4) is 5.75 Å². The van der Waals surface area contributed by atoms with Crippen LogP contribution in [0.2, 0.25) is 10.0 Å². The van der Waals surface area contributed by atoms with E-state index < -0.39 is 0 Å². The molecule has 6 heteroatoms. The van der Waals surface area contributed by atoms with Gasteiger partial charge < -0.3 is 14.5 Å². The molecule has 1 N–H and O–H groups in total. The van der Waals surface area contributed by atoms with Crippen LogP contribution in [0.15, 0.2) is 40.8 Å². The first kappa shape index (κ1) is 20.3. The predicted octanol–water partition coefficient (Wildman–Crippen LogP) is 6.80. The Kier molecular flexibility index (Phi) is 6.01. The predicted molar refractivity (Wildman–Crippen MR) is 116 cm³/mol. The van der Waals surface area contributed by atoms with Crippen molar-refractivity contribution in [2.75, 3.05) is 11.9 Å². The van der Waals surface area contributed by atoms with Crippen molar-refractivity contribution in [2.24, 2.45) is 0 Å². The van der Waals surface area contributed by atoms with Gasteiger partial charge in [0.2, 0.25) is 5.91 Å². The summed E-state index contributed by atoms with van der Waals surface area (Å²) in [5.74, 6) is 1.26. The molecule has 3 rings (SSSR count). The lowest BCUT2D eigenvalue weighted by Gasteiger charge is -2.12. The largest absolute Gasteiger partial charge is 0.493 e. The van der Waals surface area contributed by atoms with Gasteiger partial charge in [-0.1, -0.05) is 23.2 Å². The second kappa shape index (κ2) is 8.29. The normalized spacial score (nSPS) is 11.7. The highest BCUT2D eigenvalue weighted by molar-refractivity contribution is 6.36. The molecule has 4 nitrogen and oxygen atoms in total. The Bertz CT molecular complexity index is 1080. The lowest BCUT2D eigenvalue weighted by molar-refractivity contribution is -0.111. The van der Waals surface area contributed by atoms with Gasteiger partial charge in [-0.3, -0.25) is 4.79 Å². The van der Waals surface area contributed by atoms with E-state index in [9.17, 15) is 4.79 Å². The van der Waals surface area contributed by atoms with E-state index in [0.29, 0.717) is 28.1 Å². The molecular weight excluding hydrogens is 397 g/mol. The van der Waals surface area contributed by atoms with Crippen molar-refractivity contribution in [1.82, 2.24) is 0 Å². The molecule has 1 aromatic heterocycles. The van der Waals surface area contributed by atoms with Gasteiger partial charge in [-0.2, -0.15) is 0 Å². The molecule has 1 amide bonds. The first-order chi connectivity index (χ1) is 13.3. The number of fused-ring (bicyclic) bond motifs is 1. The fourth-order valence-electron chi connectivity index (χ4n) is 2.99. The number of halogens is 2. The van der Waals surface area contributed by atoms with Crippen LogP contribution in [0.4, 0.5) is 5.69 Å². The smallest absolute Gasteiger partial charge is 0.248 e. The van der Waals surface area contributed by atoms with Gasteiger partial charge in [0.15, 0.2) is 0 Å². The number of nitrogens with one attached hydrogen (secondary N) is 1. The quantitative estimate of drug-likeness (QED) is 0.464. The van der Waals surface area contributed by atoms with E-state index in [4.69, 9.17) is 32.4 Å². The maximum atomic E-state index is 12.5. The number of furan rings is 1. The number of benzene rings is 2. The topological polar surface area (TPSA) is 51.5 Å². The molecule has 0 atom stereocenters. The Morgan fingerprint density at radius 1 is 1.21 bits per heavy atom. The van der Waals surface area contributed by atoms with Crippen LogP contribution >= 0.6 is 23.2 Å². The number of allylic oxidation sites excluding steroid dienone is 1. The van der Waals surface area contributed by atoms with Crippen LogP contribution in [0.3, 0.4) is 0 Å². The van der Waals surface area contributed by atoms with Gasteiger partial charge in [0.25, 0.3) is 0 Å². The SMILES string of the molecule is CCOc1cc2oc(C)c(C)c2cc1/C(C)=C/C(=O)Nc1ccc(Cl)cc1Cl.